The number of amides is 2. The van der Waals surface area contributed by atoms with Crippen LogP contribution in [0.5, 0.6) is 5.75 Å². The summed E-state index contributed by atoms with van der Waals surface area (Å²) in [7, 11) is 1.66. The van der Waals surface area contributed by atoms with Gasteiger partial charge in [0.2, 0.25) is 5.91 Å². The van der Waals surface area contributed by atoms with E-state index in [1.807, 2.05) is 48.2 Å². The lowest BCUT2D eigenvalue weighted by Crippen LogP contribution is -2.47. The van der Waals surface area contributed by atoms with E-state index < -0.39 is 0 Å². The second-order valence-corrected chi connectivity index (χ2v) is 11.0. The highest BCUT2D eigenvalue weighted by molar-refractivity contribution is 7.10. The fourth-order valence-electron chi connectivity index (χ4n) is 5.26. The molecule has 2 aromatic carbocycles. The third kappa shape index (κ3) is 6.65. The lowest BCUT2D eigenvalue weighted by Gasteiger charge is -2.37. The molecule has 0 fully saturated rings. The smallest absolute Gasteiger partial charge is 0.254 e. The third-order valence-corrected chi connectivity index (χ3v) is 8.34. The first-order valence-electron chi connectivity index (χ1n) is 13.9. The van der Waals surface area contributed by atoms with Crippen LogP contribution in [0.2, 0.25) is 0 Å². The molecule has 0 saturated heterocycles. The Kier molecular flexibility index (Phi) is 9.99. The Morgan fingerprint density at radius 1 is 0.974 bits per heavy atom. The number of methoxy groups -OCH3 is 1. The number of benzene rings is 2. The Hall–Kier alpha value is -3.12. The van der Waals surface area contributed by atoms with E-state index in [0.29, 0.717) is 18.7 Å². The number of carbonyl (C=O) groups excluding carboxylic acids is 2. The summed E-state index contributed by atoms with van der Waals surface area (Å²) < 4.78 is 5.35. The van der Waals surface area contributed by atoms with Crippen molar-refractivity contribution < 1.29 is 14.3 Å². The maximum atomic E-state index is 13.8. The van der Waals surface area contributed by atoms with E-state index in [2.05, 4.69) is 30.5 Å². The maximum Gasteiger partial charge on any atom is 0.254 e. The number of hydrogen-bond acceptors (Lipinski definition) is 4. The molecule has 6 heteroatoms. The molecule has 1 atom stereocenters. The van der Waals surface area contributed by atoms with Gasteiger partial charge in [0, 0.05) is 23.5 Å². The van der Waals surface area contributed by atoms with Gasteiger partial charge in [-0.2, -0.15) is 0 Å². The van der Waals surface area contributed by atoms with Crippen LogP contribution in [0.3, 0.4) is 0 Å². The van der Waals surface area contributed by atoms with Gasteiger partial charge in [-0.05, 0) is 78.1 Å². The summed E-state index contributed by atoms with van der Waals surface area (Å²) in [6.45, 7) is 5.54. The van der Waals surface area contributed by atoms with Gasteiger partial charge in [-0.1, -0.05) is 57.4 Å². The molecule has 2 heterocycles. The molecule has 0 aliphatic carbocycles. The van der Waals surface area contributed by atoms with Gasteiger partial charge >= 0.3 is 0 Å². The van der Waals surface area contributed by atoms with Crippen molar-refractivity contribution in [2.24, 2.45) is 0 Å². The summed E-state index contributed by atoms with van der Waals surface area (Å²) in [6, 6.07) is 17.9. The average molecular weight is 533 g/mol. The number of carbonyl (C=O) groups is 2. The summed E-state index contributed by atoms with van der Waals surface area (Å²) in [5, 5.41) is 2.11. The lowest BCUT2D eigenvalue weighted by molar-refractivity contribution is -0.134. The first kappa shape index (κ1) is 27.9. The van der Waals surface area contributed by atoms with Crippen molar-refractivity contribution in [1.29, 1.82) is 0 Å². The van der Waals surface area contributed by atoms with E-state index in [1.54, 1.807) is 23.3 Å². The predicted molar refractivity (Wildman–Crippen MR) is 155 cm³/mol. The lowest BCUT2D eigenvalue weighted by atomic mass is 9.93. The molecular weight excluding hydrogens is 492 g/mol. The highest BCUT2D eigenvalue weighted by atomic mass is 32.1. The molecule has 0 bridgehead atoms. The largest absolute Gasteiger partial charge is 0.497 e. The van der Waals surface area contributed by atoms with Gasteiger partial charge in [-0.15, -0.1) is 11.3 Å². The highest BCUT2D eigenvalue weighted by Gasteiger charge is 2.34. The summed E-state index contributed by atoms with van der Waals surface area (Å²) in [4.78, 5) is 32.3. The number of rotatable bonds is 12. The van der Waals surface area contributed by atoms with Crippen molar-refractivity contribution in [3.8, 4) is 5.75 Å². The predicted octanol–water partition coefficient (Wildman–Crippen LogP) is 6.91. The van der Waals surface area contributed by atoms with Crippen molar-refractivity contribution in [2.45, 2.75) is 64.8 Å². The van der Waals surface area contributed by atoms with Gasteiger partial charge in [-0.3, -0.25) is 9.59 Å². The van der Waals surface area contributed by atoms with Crippen LogP contribution in [0.1, 0.15) is 83.9 Å². The van der Waals surface area contributed by atoms with Crippen LogP contribution in [0, 0.1) is 0 Å². The van der Waals surface area contributed by atoms with Crippen LogP contribution in [-0.2, 0) is 17.6 Å². The number of nitrogens with zero attached hydrogens (tertiary/aromatic N) is 2. The van der Waals surface area contributed by atoms with E-state index in [9.17, 15) is 9.59 Å². The molecule has 38 heavy (non-hydrogen) atoms. The summed E-state index contributed by atoms with van der Waals surface area (Å²) in [5.41, 5.74) is 4.15. The van der Waals surface area contributed by atoms with Crippen LogP contribution >= 0.6 is 11.3 Å². The Morgan fingerprint density at radius 2 is 1.74 bits per heavy atom. The Morgan fingerprint density at radius 3 is 2.42 bits per heavy atom. The zero-order chi connectivity index (χ0) is 26.9. The minimum Gasteiger partial charge on any atom is -0.497 e. The summed E-state index contributed by atoms with van der Waals surface area (Å²) in [6.07, 6.45) is 7.59. The Labute approximate surface area is 231 Å². The number of aryl methyl sites for hydroxylation is 1. The van der Waals surface area contributed by atoms with Crippen LogP contribution < -0.4 is 4.74 Å². The van der Waals surface area contributed by atoms with Crippen molar-refractivity contribution >= 4 is 23.2 Å². The fourth-order valence-corrected chi connectivity index (χ4v) is 6.16. The second kappa shape index (κ2) is 13.6. The quantitative estimate of drug-likeness (QED) is 0.238. The molecule has 1 aliphatic rings. The summed E-state index contributed by atoms with van der Waals surface area (Å²) >= 11 is 1.75. The maximum absolute atomic E-state index is 13.8. The molecule has 5 nitrogen and oxygen atoms in total. The topological polar surface area (TPSA) is 49.9 Å². The van der Waals surface area contributed by atoms with Gasteiger partial charge in [-0.25, -0.2) is 0 Å². The minimum absolute atomic E-state index is 0.0167. The second-order valence-electron chi connectivity index (χ2n) is 10.0. The molecule has 4 rings (SSSR count). The first-order valence-corrected chi connectivity index (χ1v) is 14.8. The SMILES string of the molecule is CCCCCCc1ccc(C(=O)N(CCC)CC(=O)N2CCc3sccc3C2c2ccc(OC)cc2)cc1. The van der Waals surface area contributed by atoms with E-state index in [4.69, 9.17) is 4.74 Å². The molecule has 2 amide bonds. The number of hydrogen-bond donors (Lipinski definition) is 0. The van der Waals surface area contributed by atoms with Crippen molar-refractivity contribution in [3.63, 3.8) is 0 Å². The molecule has 3 aromatic rings. The van der Waals surface area contributed by atoms with Gasteiger partial charge in [0.1, 0.15) is 12.3 Å². The van der Waals surface area contributed by atoms with Crippen LogP contribution in [0.15, 0.2) is 60.0 Å². The molecular formula is C32H40N2O3S. The van der Waals surface area contributed by atoms with E-state index >= 15 is 0 Å². The Balaban J connectivity index is 1.49. The zero-order valence-electron chi connectivity index (χ0n) is 22.9. The molecule has 202 valence electrons. The fraction of sp³-hybridized carbons (Fsp3) is 0.438. The molecule has 0 radical (unpaired) electrons. The van der Waals surface area contributed by atoms with Crippen molar-refractivity contribution in [2.75, 3.05) is 26.7 Å². The molecule has 0 N–H and O–H groups in total. The average Bonchev–Trinajstić information content (AvgIpc) is 3.44. The van der Waals surface area contributed by atoms with Crippen LogP contribution in [0.4, 0.5) is 0 Å². The number of thiophene rings is 1. The van der Waals surface area contributed by atoms with E-state index in [-0.39, 0.29) is 24.4 Å². The number of unbranched alkanes of at least 4 members (excludes halogenated alkanes) is 3. The Bertz CT molecular complexity index is 1190. The molecule has 1 aliphatic heterocycles. The zero-order valence-corrected chi connectivity index (χ0v) is 23.8. The summed E-state index contributed by atoms with van der Waals surface area (Å²) in [5.74, 6) is 0.698. The van der Waals surface area contributed by atoms with E-state index in [0.717, 1.165) is 30.6 Å². The minimum atomic E-state index is -0.158. The van der Waals surface area contributed by atoms with E-state index in [1.165, 1.54) is 41.7 Å². The van der Waals surface area contributed by atoms with Crippen molar-refractivity contribution in [3.05, 3.63) is 87.1 Å². The third-order valence-electron chi connectivity index (χ3n) is 7.34. The van der Waals surface area contributed by atoms with Gasteiger partial charge < -0.3 is 14.5 Å². The molecule has 1 unspecified atom stereocenters. The van der Waals surface area contributed by atoms with Gasteiger partial charge in [0.15, 0.2) is 0 Å². The first-order chi connectivity index (χ1) is 18.5. The normalized spacial score (nSPS) is 14.7. The van der Waals surface area contributed by atoms with Crippen molar-refractivity contribution in [1.82, 2.24) is 9.80 Å². The van der Waals surface area contributed by atoms with Gasteiger partial charge in [0.05, 0.1) is 13.2 Å². The highest BCUT2D eigenvalue weighted by Crippen LogP contribution is 2.38. The molecule has 1 aromatic heterocycles. The van der Waals surface area contributed by atoms with Crippen LogP contribution in [0.25, 0.3) is 0 Å². The standard InChI is InChI=1S/C32H40N2O3S/c1-4-6-7-8-9-24-10-12-26(13-11-24)32(36)33(20-5-2)23-30(35)34-21-18-29-28(19-22-38-29)31(34)25-14-16-27(37-3)17-15-25/h10-17,19,22,31H,4-9,18,20-21,23H2,1-3H3. The van der Waals surface area contributed by atoms with Gasteiger partial charge in [0.25, 0.3) is 5.91 Å². The number of ether oxygens (including phenoxy) is 1. The molecule has 0 spiro atoms. The van der Waals surface area contributed by atoms with Crippen LogP contribution in [-0.4, -0.2) is 48.4 Å². The monoisotopic (exact) mass is 532 g/mol. The molecule has 0 saturated carbocycles. The number of fused-ring (bicyclic) bond motifs is 1.